The number of aliphatic imine (C=N–C) groups is 2. The van der Waals surface area contributed by atoms with Crippen molar-refractivity contribution in [1.29, 1.82) is 0 Å². The quantitative estimate of drug-likeness (QED) is 0.442. The first-order valence-electron chi connectivity index (χ1n) is 11.4. The first-order valence-corrected chi connectivity index (χ1v) is 12.4. The Morgan fingerprint density at radius 2 is 1.92 bits per heavy atom. The van der Waals surface area contributed by atoms with E-state index < -0.39 is 11.9 Å². The topological polar surface area (TPSA) is 132 Å². The second kappa shape index (κ2) is 10.3. The molecule has 188 valence electrons. The van der Waals surface area contributed by atoms with Gasteiger partial charge in [-0.05, 0) is 36.8 Å². The molecule has 3 N–H and O–H groups in total. The molecule has 3 amide bonds. The molecular weight excluding hydrogens is 497 g/mol. The molecule has 10 nitrogen and oxygen atoms in total. The fourth-order valence-electron chi connectivity index (χ4n) is 3.87. The van der Waals surface area contributed by atoms with Crippen LogP contribution in [0.25, 0.3) is 0 Å². The number of H-pyrrole nitrogens is 1. The van der Waals surface area contributed by atoms with Crippen molar-refractivity contribution in [3.63, 3.8) is 0 Å². The molecule has 2 aliphatic heterocycles. The SMILES string of the molecule is Cc1cc(NC(=O)CSC2=Nc3ccccc3C3=N[C@H](CC(=O)NCc4ccc(F)cc4)C(=O)N23)n[nH]1. The molecule has 3 aromatic rings. The molecule has 2 aromatic carbocycles. The van der Waals surface area contributed by atoms with E-state index in [1.165, 1.54) is 17.0 Å². The number of anilines is 1. The van der Waals surface area contributed by atoms with Crippen LogP contribution < -0.4 is 10.6 Å². The monoisotopic (exact) mass is 519 g/mol. The van der Waals surface area contributed by atoms with E-state index in [-0.39, 0.29) is 36.4 Å². The number of aryl methyl sites for hydroxylation is 1. The Balaban J connectivity index is 1.27. The summed E-state index contributed by atoms with van der Waals surface area (Å²) >= 11 is 1.10. The van der Waals surface area contributed by atoms with E-state index in [2.05, 4.69) is 30.8 Å². The number of nitrogens with zero attached hydrogens (tertiary/aromatic N) is 4. The fourth-order valence-corrected chi connectivity index (χ4v) is 4.67. The van der Waals surface area contributed by atoms with Crippen LogP contribution in [0.4, 0.5) is 15.9 Å². The molecule has 0 radical (unpaired) electrons. The predicted octanol–water partition coefficient (Wildman–Crippen LogP) is 2.89. The number of carbonyl (C=O) groups is 3. The Kier molecular flexibility index (Phi) is 6.82. The van der Waals surface area contributed by atoms with Gasteiger partial charge < -0.3 is 10.6 Å². The molecule has 1 aromatic heterocycles. The smallest absolute Gasteiger partial charge is 0.259 e. The van der Waals surface area contributed by atoms with Gasteiger partial charge in [-0.3, -0.25) is 24.5 Å². The number of thioether (sulfide) groups is 1. The number of nitrogens with one attached hydrogen (secondary N) is 3. The van der Waals surface area contributed by atoms with Crippen molar-refractivity contribution in [1.82, 2.24) is 20.4 Å². The van der Waals surface area contributed by atoms with Crippen molar-refractivity contribution in [3.8, 4) is 0 Å². The molecule has 0 fully saturated rings. The Morgan fingerprint density at radius 3 is 2.68 bits per heavy atom. The molecule has 37 heavy (non-hydrogen) atoms. The number of aromatic amines is 1. The Bertz CT molecular complexity index is 1430. The molecule has 3 heterocycles. The van der Waals surface area contributed by atoms with E-state index in [1.54, 1.807) is 24.3 Å². The number of amides is 3. The summed E-state index contributed by atoms with van der Waals surface area (Å²) in [5.41, 5.74) is 2.84. The van der Waals surface area contributed by atoms with Crippen molar-refractivity contribution in [2.24, 2.45) is 9.98 Å². The van der Waals surface area contributed by atoms with Crippen LogP contribution in [-0.2, 0) is 20.9 Å². The van der Waals surface area contributed by atoms with Crippen LogP contribution >= 0.6 is 11.8 Å². The van der Waals surface area contributed by atoms with Gasteiger partial charge in [-0.2, -0.15) is 5.10 Å². The predicted molar refractivity (Wildman–Crippen MR) is 138 cm³/mol. The number of rotatable bonds is 7. The third kappa shape index (κ3) is 5.43. The van der Waals surface area contributed by atoms with Gasteiger partial charge in [-0.15, -0.1) is 0 Å². The number of carbonyl (C=O) groups excluding carboxylic acids is 3. The molecule has 1 atom stereocenters. The second-order valence-electron chi connectivity index (χ2n) is 8.43. The van der Waals surface area contributed by atoms with Gasteiger partial charge >= 0.3 is 0 Å². The first-order chi connectivity index (χ1) is 17.9. The number of hydrogen-bond donors (Lipinski definition) is 3. The highest BCUT2D eigenvalue weighted by Crippen LogP contribution is 2.34. The lowest BCUT2D eigenvalue weighted by molar-refractivity contribution is -0.128. The van der Waals surface area contributed by atoms with Gasteiger partial charge in [0.1, 0.15) is 17.7 Å². The van der Waals surface area contributed by atoms with Crippen LogP contribution in [0.1, 0.15) is 23.2 Å². The van der Waals surface area contributed by atoms with Crippen molar-refractivity contribution >= 4 is 52.0 Å². The minimum Gasteiger partial charge on any atom is -0.352 e. The summed E-state index contributed by atoms with van der Waals surface area (Å²) < 4.78 is 13.1. The maximum Gasteiger partial charge on any atom is 0.259 e. The van der Waals surface area contributed by atoms with Crippen LogP contribution in [0.2, 0.25) is 0 Å². The number of fused-ring (bicyclic) bond motifs is 3. The Morgan fingerprint density at radius 1 is 1.14 bits per heavy atom. The molecule has 0 unspecified atom stereocenters. The van der Waals surface area contributed by atoms with Crippen LogP contribution in [0.3, 0.4) is 0 Å². The van der Waals surface area contributed by atoms with Crippen LogP contribution in [0.15, 0.2) is 64.6 Å². The molecule has 0 aliphatic carbocycles. The minimum absolute atomic E-state index is 0.00715. The summed E-state index contributed by atoms with van der Waals surface area (Å²) in [5.74, 6) is -0.616. The van der Waals surface area contributed by atoms with Crippen molar-refractivity contribution in [2.45, 2.75) is 25.9 Å². The molecule has 0 saturated heterocycles. The minimum atomic E-state index is -0.930. The average molecular weight is 520 g/mol. The third-order valence-electron chi connectivity index (χ3n) is 5.64. The number of aromatic nitrogens is 2. The van der Waals surface area contributed by atoms with Crippen LogP contribution in [0, 0.1) is 12.7 Å². The highest BCUT2D eigenvalue weighted by Gasteiger charge is 2.42. The lowest BCUT2D eigenvalue weighted by Crippen LogP contribution is -2.42. The largest absolute Gasteiger partial charge is 0.352 e. The molecule has 0 saturated carbocycles. The molecule has 2 aliphatic rings. The Hall–Kier alpha value is -4.32. The summed E-state index contributed by atoms with van der Waals surface area (Å²) in [5, 5.41) is 12.5. The van der Waals surface area contributed by atoms with E-state index in [0.29, 0.717) is 28.1 Å². The van der Waals surface area contributed by atoms with Crippen molar-refractivity contribution < 1.29 is 18.8 Å². The summed E-state index contributed by atoms with van der Waals surface area (Å²) in [4.78, 5) is 48.9. The van der Waals surface area contributed by atoms with Gasteiger partial charge in [-0.1, -0.05) is 36.0 Å². The highest BCUT2D eigenvalue weighted by molar-refractivity contribution is 8.14. The summed E-state index contributed by atoms with van der Waals surface area (Å²) in [6.45, 7) is 2.03. The zero-order valence-electron chi connectivity index (χ0n) is 19.7. The summed E-state index contributed by atoms with van der Waals surface area (Å²) in [7, 11) is 0. The normalized spacial score (nSPS) is 16.0. The van der Waals surface area contributed by atoms with E-state index >= 15 is 0 Å². The molecule has 0 bridgehead atoms. The summed E-state index contributed by atoms with van der Waals surface area (Å²) in [6, 6.07) is 13.8. The maximum atomic E-state index is 13.3. The van der Waals surface area contributed by atoms with Gasteiger partial charge in [-0.25, -0.2) is 14.3 Å². The number of hydrogen-bond acceptors (Lipinski definition) is 7. The molecular formula is C25H22FN7O3S. The van der Waals surface area contributed by atoms with Gasteiger partial charge in [0.2, 0.25) is 11.8 Å². The lowest BCUT2D eigenvalue weighted by atomic mass is 10.1. The second-order valence-corrected chi connectivity index (χ2v) is 9.38. The summed E-state index contributed by atoms with van der Waals surface area (Å²) in [6.07, 6.45) is -0.154. The van der Waals surface area contributed by atoms with E-state index in [1.807, 2.05) is 25.1 Å². The molecule has 5 rings (SSSR count). The fraction of sp³-hybridized carbons (Fsp3) is 0.200. The Labute approximate surface area is 215 Å². The zero-order chi connectivity index (χ0) is 25.9. The van der Waals surface area contributed by atoms with Gasteiger partial charge in [0, 0.05) is 23.9 Å². The van der Waals surface area contributed by atoms with E-state index in [4.69, 9.17) is 0 Å². The zero-order valence-corrected chi connectivity index (χ0v) is 20.5. The third-order valence-corrected chi connectivity index (χ3v) is 6.57. The van der Waals surface area contributed by atoms with Gasteiger partial charge in [0.15, 0.2) is 11.0 Å². The van der Waals surface area contributed by atoms with Crippen LogP contribution in [-0.4, -0.2) is 55.6 Å². The maximum absolute atomic E-state index is 13.3. The van der Waals surface area contributed by atoms with Gasteiger partial charge in [0.25, 0.3) is 5.91 Å². The van der Waals surface area contributed by atoms with Crippen molar-refractivity contribution in [2.75, 3.05) is 11.1 Å². The number of halogens is 1. The number of amidine groups is 2. The number of para-hydroxylation sites is 1. The van der Waals surface area contributed by atoms with Gasteiger partial charge in [0.05, 0.1) is 17.9 Å². The van der Waals surface area contributed by atoms with E-state index in [9.17, 15) is 18.8 Å². The highest BCUT2D eigenvalue weighted by atomic mass is 32.2. The lowest BCUT2D eigenvalue weighted by Gasteiger charge is -2.25. The first kappa shape index (κ1) is 24.4. The number of benzene rings is 2. The standard InChI is InChI=1S/C25H22FN7O3S/c1-14-10-20(32-31-14)30-22(35)13-37-25-29-18-5-3-2-4-17(18)23-28-19(24(36)33(23)25)11-21(34)27-12-15-6-8-16(26)9-7-15/h2-10,19H,11-13H2,1H3,(H,27,34)(H2,30,31,32,35)/t19-/m1/s1. The van der Waals surface area contributed by atoms with E-state index in [0.717, 1.165) is 23.0 Å². The average Bonchev–Trinajstić information content (AvgIpc) is 3.44. The molecule has 12 heteroatoms. The van der Waals surface area contributed by atoms with Crippen LogP contribution in [0.5, 0.6) is 0 Å². The van der Waals surface area contributed by atoms with Crippen molar-refractivity contribution in [3.05, 3.63) is 77.2 Å². The molecule has 0 spiro atoms.